The Labute approximate surface area is 238 Å². The fourth-order valence-corrected chi connectivity index (χ4v) is 6.27. The van der Waals surface area contributed by atoms with Crippen LogP contribution in [0.1, 0.15) is 42.0 Å². The first-order valence-corrected chi connectivity index (χ1v) is 14.0. The second-order valence-electron chi connectivity index (χ2n) is 11.1. The first-order valence-electron chi connectivity index (χ1n) is 14.0. The number of hydrogen-bond acceptors (Lipinski definition) is 5. The summed E-state index contributed by atoms with van der Waals surface area (Å²) in [7, 11) is 0. The van der Waals surface area contributed by atoms with Gasteiger partial charge in [-0.25, -0.2) is 0 Å². The van der Waals surface area contributed by atoms with Crippen molar-refractivity contribution in [3.63, 3.8) is 0 Å². The van der Waals surface area contributed by atoms with Gasteiger partial charge in [0, 0.05) is 42.2 Å². The van der Waals surface area contributed by atoms with E-state index in [9.17, 15) is 24.6 Å². The van der Waals surface area contributed by atoms with Gasteiger partial charge in [-0.15, -0.1) is 0 Å². The normalized spacial score (nSPS) is 22.3. The maximum Gasteiger partial charge on any atom is 0.261 e. The van der Waals surface area contributed by atoms with Crippen LogP contribution < -0.4 is 10.2 Å². The highest BCUT2D eigenvalue weighted by atomic mass is 16.3. The number of carbonyl (C=O) groups is 3. The maximum atomic E-state index is 13.2. The highest BCUT2D eigenvalue weighted by Crippen LogP contribution is 2.45. The van der Waals surface area contributed by atoms with Crippen molar-refractivity contribution < 1.29 is 24.6 Å². The van der Waals surface area contributed by atoms with Gasteiger partial charge in [0.15, 0.2) is 5.60 Å². The highest BCUT2D eigenvalue weighted by molar-refractivity contribution is 6.07. The molecule has 0 bridgehead atoms. The predicted molar refractivity (Wildman–Crippen MR) is 155 cm³/mol. The minimum atomic E-state index is -1.87. The minimum absolute atomic E-state index is 0.0440. The fraction of sp³-hybridized carbons (Fsp3) is 0.303. The van der Waals surface area contributed by atoms with E-state index in [-0.39, 0.29) is 30.9 Å². The van der Waals surface area contributed by atoms with Crippen LogP contribution in [-0.2, 0) is 39.4 Å². The number of para-hydroxylation sites is 1. The number of nitrogens with zero attached hydrogens (tertiary/aromatic N) is 2. The van der Waals surface area contributed by atoms with E-state index in [0.717, 1.165) is 22.4 Å². The van der Waals surface area contributed by atoms with Crippen LogP contribution in [0.3, 0.4) is 0 Å². The molecule has 0 radical (unpaired) electrons. The van der Waals surface area contributed by atoms with Gasteiger partial charge in [0.1, 0.15) is 0 Å². The minimum Gasteiger partial charge on any atom is -0.394 e. The van der Waals surface area contributed by atoms with Crippen LogP contribution in [0.15, 0.2) is 78.9 Å². The molecule has 3 aliphatic heterocycles. The molecule has 3 aromatic carbocycles. The van der Waals surface area contributed by atoms with Crippen molar-refractivity contribution in [1.29, 1.82) is 0 Å². The smallest absolute Gasteiger partial charge is 0.261 e. The number of anilines is 3. The third kappa shape index (κ3) is 4.63. The Morgan fingerprint density at radius 1 is 1.05 bits per heavy atom. The molecule has 3 N–H and O–H groups in total. The molecule has 0 aliphatic carbocycles. The number of carbonyl (C=O) groups excluding carboxylic acids is 3. The van der Waals surface area contributed by atoms with Gasteiger partial charge < -0.3 is 20.4 Å². The third-order valence-corrected chi connectivity index (χ3v) is 8.62. The first kappa shape index (κ1) is 26.9. The molecular weight excluding hydrogens is 518 g/mol. The highest BCUT2D eigenvalue weighted by Gasteiger charge is 2.49. The van der Waals surface area contributed by atoms with Crippen LogP contribution >= 0.6 is 0 Å². The molecule has 0 aromatic heterocycles. The Hall–Kier alpha value is -4.27. The molecule has 8 heteroatoms. The Kier molecular flexibility index (Phi) is 6.97. The van der Waals surface area contributed by atoms with E-state index in [1.807, 2.05) is 48.5 Å². The van der Waals surface area contributed by atoms with Crippen LogP contribution in [0, 0.1) is 5.92 Å². The zero-order chi connectivity index (χ0) is 28.7. The summed E-state index contributed by atoms with van der Waals surface area (Å²) in [5.74, 6) is -1.38. The summed E-state index contributed by atoms with van der Waals surface area (Å²) in [6, 6.07) is 20.6. The Morgan fingerprint density at radius 3 is 2.56 bits per heavy atom. The quantitative estimate of drug-likeness (QED) is 0.402. The molecule has 0 spiro atoms. The number of hydrogen-bond donors (Lipinski definition) is 3. The van der Waals surface area contributed by atoms with Crippen molar-refractivity contribution in [2.45, 2.75) is 50.8 Å². The second-order valence-corrected chi connectivity index (χ2v) is 11.1. The lowest BCUT2D eigenvalue weighted by atomic mass is 9.82. The van der Waals surface area contributed by atoms with E-state index >= 15 is 0 Å². The zero-order valence-corrected chi connectivity index (χ0v) is 22.9. The number of aliphatic hydroxyl groups is 2. The summed E-state index contributed by atoms with van der Waals surface area (Å²) in [5.41, 5.74) is 3.68. The van der Waals surface area contributed by atoms with Crippen LogP contribution in [0.5, 0.6) is 0 Å². The SMILES string of the molecule is C[C@@H](/C=C/CC(=O)N1Cc2ccccc2C[C@H]1CO)[C@]1(O)C(=O)Nc2ccc(N3C(=O)CCc4ccccc43)cc21. The molecular formula is C33H33N3O5. The molecule has 3 atom stereocenters. The first-order chi connectivity index (χ1) is 19.8. The van der Waals surface area contributed by atoms with Gasteiger partial charge in [-0.3, -0.25) is 19.3 Å². The van der Waals surface area contributed by atoms with Crippen molar-refractivity contribution >= 4 is 34.8 Å². The molecule has 3 aliphatic rings. The van der Waals surface area contributed by atoms with Crippen molar-refractivity contribution in [1.82, 2.24) is 4.90 Å². The number of fused-ring (bicyclic) bond motifs is 3. The number of amides is 3. The Balaban J connectivity index is 1.22. The molecule has 8 nitrogen and oxygen atoms in total. The van der Waals surface area contributed by atoms with Crippen molar-refractivity contribution in [3.8, 4) is 0 Å². The van der Waals surface area contributed by atoms with E-state index in [1.54, 1.807) is 47.1 Å². The van der Waals surface area contributed by atoms with Crippen LogP contribution in [0.25, 0.3) is 0 Å². The summed E-state index contributed by atoms with van der Waals surface area (Å²) >= 11 is 0. The average Bonchev–Trinajstić information content (AvgIpc) is 3.25. The zero-order valence-electron chi connectivity index (χ0n) is 22.9. The van der Waals surface area contributed by atoms with Gasteiger partial charge in [-0.2, -0.15) is 0 Å². The number of aryl methyl sites for hydroxylation is 1. The number of aliphatic hydroxyl groups excluding tert-OH is 1. The van der Waals surface area contributed by atoms with Gasteiger partial charge >= 0.3 is 0 Å². The van der Waals surface area contributed by atoms with Crippen LogP contribution in [0.2, 0.25) is 0 Å². The average molecular weight is 552 g/mol. The predicted octanol–water partition coefficient (Wildman–Crippen LogP) is 3.97. The van der Waals surface area contributed by atoms with Crippen LogP contribution in [0.4, 0.5) is 17.1 Å². The fourth-order valence-electron chi connectivity index (χ4n) is 6.27. The van der Waals surface area contributed by atoms with E-state index in [2.05, 4.69) is 5.32 Å². The van der Waals surface area contributed by atoms with E-state index < -0.39 is 17.4 Å². The largest absolute Gasteiger partial charge is 0.394 e. The summed E-state index contributed by atoms with van der Waals surface area (Å²) in [5, 5.41) is 24.5. The number of nitrogens with one attached hydrogen (secondary N) is 1. The summed E-state index contributed by atoms with van der Waals surface area (Å²) in [6.07, 6.45) is 5.09. The lowest BCUT2D eigenvalue weighted by Crippen LogP contribution is -2.46. The van der Waals surface area contributed by atoms with Gasteiger partial charge in [0.25, 0.3) is 5.91 Å². The summed E-state index contributed by atoms with van der Waals surface area (Å²) in [6.45, 7) is 2.05. The van der Waals surface area contributed by atoms with E-state index in [0.29, 0.717) is 42.7 Å². The van der Waals surface area contributed by atoms with Crippen molar-refractivity contribution in [2.75, 3.05) is 16.8 Å². The molecule has 3 heterocycles. The third-order valence-electron chi connectivity index (χ3n) is 8.62. The molecule has 210 valence electrons. The van der Waals surface area contributed by atoms with Gasteiger partial charge in [0.2, 0.25) is 11.8 Å². The monoisotopic (exact) mass is 551 g/mol. The van der Waals surface area contributed by atoms with Gasteiger partial charge in [-0.1, -0.05) is 61.5 Å². The molecule has 6 rings (SSSR count). The second kappa shape index (κ2) is 10.6. The molecule has 0 unspecified atom stereocenters. The summed E-state index contributed by atoms with van der Waals surface area (Å²) < 4.78 is 0. The number of rotatable bonds is 6. The van der Waals surface area contributed by atoms with Gasteiger partial charge in [-0.05, 0) is 53.8 Å². The Bertz CT molecular complexity index is 1570. The lowest BCUT2D eigenvalue weighted by molar-refractivity contribution is -0.137. The molecule has 0 saturated carbocycles. The van der Waals surface area contributed by atoms with E-state index in [4.69, 9.17) is 0 Å². The molecule has 0 saturated heterocycles. The number of benzene rings is 3. The molecule has 41 heavy (non-hydrogen) atoms. The lowest BCUT2D eigenvalue weighted by Gasteiger charge is -2.36. The standard InChI is InChI=1S/C33H33N3O5/c1-21(7-6-12-30(38)35-19-24-10-3-2-9-23(24)17-26(35)20-37)33(41)27-18-25(14-15-28(27)34-32(33)40)36-29-11-5-4-8-22(29)13-16-31(36)39/h2-11,14-15,18,21,26,37,41H,12-13,16-17,19-20H2,1H3,(H,34,40)/b7-6+/t21-,26-,33+/m0/s1. The van der Waals surface area contributed by atoms with Crippen molar-refractivity contribution in [3.05, 3.63) is 101 Å². The topological polar surface area (TPSA) is 110 Å². The summed E-state index contributed by atoms with van der Waals surface area (Å²) in [4.78, 5) is 42.6. The Morgan fingerprint density at radius 2 is 1.78 bits per heavy atom. The van der Waals surface area contributed by atoms with Gasteiger partial charge in [0.05, 0.1) is 18.3 Å². The van der Waals surface area contributed by atoms with E-state index in [1.165, 1.54) is 0 Å². The molecule has 3 aromatic rings. The maximum absolute atomic E-state index is 13.2. The van der Waals surface area contributed by atoms with Crippen molar-refractivity contribution in [2.24, 2.45) is 5.92 Å². The molecule has 3 amide bonds. The van der Waals surface area contributed by atoms with Crippen LogP contribution in [-0.4, -0.2) is 45.5 Å². The molecule has 0 fully saturated rings.